The molecule has 0 aromatic heterocycles. The summed E-state index contributed by atoms with van der Waals surface area (Å²) in [6, 6.07) is 5.76. The van der Waals surface area contributed by atoms with Gasteiger partial charge in [0.15, 0.2) is 5.82 Å². The molecule has 0 saturated carbocycles. The van der Waals surface area contributed by atoms with Crippen molar-refractivity contribution in [3.05, 3.63) is 29.6 Å². The van der Waals surface area contributed by atoms with Crippen molar-refractivity contribution in [2.24, 2.45) is 0 Å². The van der Waals surface area contributed by atoms with Gasteiger partial charge in [-0.2, -0.15) is 11.8 Å². The van der Waals surface area contributed by atoms with Crippen LogP contribution in [0.4, 0.5) is 10.1 Å². The fourth-order valence-corrected chi connectivity index (χ4v) is 3.02. The van der Waals surface area contributed by atoms with Crippen molar-refractivity contribution in [2.45, 2.75) is 19.5 Å². The second-order valence-corrected chi connectivity index (χ2v) is 5.36. The van der Waals surface area contributed by atoms with Gasteiger partial charge in [-0.25, -0.2) is 4.39 Å². The lowest BCUT2D eigenvalue weighted by molar-refractivity contribution is 0.221. The van der Waals surface area contributed by atoms with Crippen LogP contribution < -0.4 is 5.73 Å². The van der Waals surface area contributed by atoms with E-state index in [-0.39, 0.29) is 11.5 Å². The molecule has 2 nitrogen and oxygen atoms in total. The van der Waals surface area contributed by atoms with E-state index >= 15 is 0 Å². The van der Waals surface area contributed by atoms with Crippen LogP contribution in [0.3, 0.4) is 0 Å². The third-order valence-corrected chi connectivity index (χ3v) is 4.18. The Balaban J connectivity index is 2.10. The Morgan fingerprint density at radius 1 is 1.56 bits per heavy atom. The summed E-state index contributed by atoms with van der Waals surface area (Å²) < 4.78 is 13.7. The summed E-state index contributed by atoms with van der Waals surface area (Å²) >= 11 is 1.96. The fourth-order valence-electron chi connectivity index (χ4n) is 1.94. The molecule has 2 rings (SSSR count). The number of hydrogen-bond donors (Lipinski definition) is 1. The van der Waals surface area contributed by atoms with Crippen molar-refractivity contribution >= 4 is 17.4 Å². The zero-order valence-electron chi connectivity index (χ0n) is 9.45. The highest BCUT2D eigenvalue weighted by atomic mass is 32.2. The normalized spacial score (nSPS) is 22.2. The SMILES string of the molecule is CC1CSCCN1Cc1cccc(N)c1F. The largest absolute Gasteiger partial charge is 0.396 e. The summed E-state index contributed by atoms with van der Waals surface area (Å²) in [6.07, 6.45) is 0. The van der Waals surface area contributed by atoms with Gasteiger partial charge in [0, 0.05) is 36.2 Å². The van der Waals surface area contributed by atoms with Gasteiger partial charge in [0.25, 0.3) is 0 Å². The summed E-state index contributed by atoms with van der Waals surface area (Å²) in [5, 5.41) is 0. The molecule has 4 heteroatoms. The molecule has 16 heavy (non-hydrogen) atoms. The number of thioether (sulfide) groups is 1. The maximum atomic E-state index is 13.7. The van der Waals surface area contributed by atoms with Crippen LogP contribution in [0.5, 0.6) is 0 Å². The van der Waals surface area contributed by atoms with Gasteiger partial charge in [0.05, 0.1) is 5.69 Å². The van der Waals surface area contributed by atoms with Crippen LogP contribution in [0.1, 0.15) is 12.5 Å². The van der Waals surface area contributed by atoms with E-state index in [1.807, 2.05) is 23.9 Å². The zero-order valence-corrected chi connectivity index (χ0v) is 10.3. The Morgan fingerprint density at radius 2 is 2.38 bits per heavy atom. The van der Waals surface area contributed by atoms with Gasteiger partial charge in [-0.1, -0.05) is 12.1 Å². The Bertz CT molecular complexity index is 370. The summed E-state index contributed by atoms with van der Waals surface area (Å²) in [4.78, 5) is 2.31. The number of anilines is 1. The number of nitrogen functional groups attached to an aromatic ring is 1. The molecule has 88 valence electrons. The predicted molar refractivity (Wildman–Crippen MR) is 68.0 cm³/mol. The number of nitrogens with zero attached hydrogens (tertiary/aromatic N) is 1. The van der Waals surface area contributed by atoms with Gasteiger partial charge >= 0.3 is 0 Å². The quantitative estimate of drug-likeness (QED) is 0.805. The summed E-state index contributed by atoms with van der Waals surface area (Å²) in [5.41, 5.74) is 6.52. The minimum Gasteiger partial charge on any atom is -0.396 e. The molecule has 1 aromatic rings. The van der Waals surface area contributed by atoms with Crippen LogP contribution in [0.2, 0.25) is 0 Å². The van der Waals surface area contributed by atoms with Crippen LogP contribution in [-0.2, 0) is 6.54 Å². The van der Waals surface area contributed by atoms with Crippen molar-refractivity contribution in [3.63, 3.8) is 0 Å². The lowest BCUT2D eigenvalue weighted by atomic mass is 10.1. The maximum absolute atomic E-state index is 13.7. The van der Waals surface area contributed by atoms with E-state index in [1.165, 1.54) is 0 Å². The van der Waals surface area contributed by atoms with Crippen LogP contribution in [0.25, 0.3) is 0 Å². The molecule has 1 atom stereocenters. The molecular formula is C12H17FN2S. The smallest absolute Gasteiger partial charge is 0.150 e. The van der Waals surface area contributed by atoms with Crippen LogP contribution in [-0.4, -0.2) is 29.0 Å². The summed E-state index contributed by atoms with van der Waals surface area (Å²) in [5.74, 6) is 2.01. The number of hydrogen-bond acceptors (Lipinski definition) is 3. The molecule has 0 amide bonds. The molecule has 1 aliphatic rings. The lowest BCUT2D eigenvalue weighted by Gasteiger charge is -2.33. The topological polar surface area (TPSA) is 29.3 Å². The average Bonchev–Trinajstić information content (AvgIpc) is 2.28. The minimum atomic E-state index is -0.257. The van der Waals surface area contributed by atoms with E-state index in [9.17, 15) is 4.39 Å². The third-order valence-electron chi connectivity index (χ3n) is 2.99. The standard InChI is InChI=1S/C12H17FN2S/c1-9-8-16-6-5-15(9)7-10-3-2-4-11(14)12(10)13/h2-4,9H,5-8,14H2,1H3. The number of halogens is 1. The highest BCUT2D eigenvalue weighted by Gasteiger charge is 2.19. The first-order valence-electron chi connectivity index (χ1n) is 5.53. The summed E-state index contributed by atoms with van der Waals surface area (Å²) in [6.45, 7) is 3.88. The molecule has 1 saturated heterocycles. The van der Waals surface area contributed by atoms with E-state index in [2.05, 4.69) is 11.8 Å². The lowest BCUT2D eigenvalue weighted by Crippen LogP contribution is -2.39. The molecule has 0 aliphatic carbocycles. The molecule has 1 aliphatic heterocycles. The summed E-state index contributed by atoms with van der Waals surface area (Å²) in [7, 11) is 0. The molecular weight excluding hydrogens is 223 g/mol. The van der Waals surface area contributed by atoms with Gasteiger partial charge in [0.1, 0.15) is 0 Å². The van der Waals surface area contributed by atoms with Crippen LogP contribution >= 0.6 is 11.8 Å². The first-order chi connectivity index (χ1) is 7.68. The Kier molecular flexibility index (Phi) is 3.71. The number of nitrogens with two attached hydrogens (primary N) is 1. The van der Waals surface area contributed by atoms with Crippen molar-refractivity contribution in [1.29, 1.82) is 0 Å². The third kappa shape index (κ3) is 2.50. The van der Waals surface area contributed by atoms with Gasteiger partial charge in [-0.3, -0.25) is 4.90 Å². The molecule has 0 spiro atoms. The maximum Gasteiger partial charge on any atom is 0.150 e. The molecule has 0 bridgehead atoms. The van der Waals surface area contributed by atoms with E-state index in [1.54, 1.807) is 6.07 Å². The number of benzene rings is 1. The number of rotatable bonds is 2. The molecule has 1 aromatic carbocycles. The van der Waals surface area contributed by atoms with Gasteiger partial charge in [0.2, 0.25) is 0 Å². The van der Waals surface area contributed by atoms with Crippen LogP contribution in [0, 0.1) is 5.82 Å². The Morgan fingerprint density at radius 3 is 3.12 bits per heavy atom. The van der Waals surface area contributed by atoms with Crippen molar-refractivity contribution < 1.29 is 4.39 Å². The van der Waals surface area contributed by atoms with Crippen molar-refractivity contribution in [2.75, 3.05) is 23.8 Å². The molecule has 1 unspecified atom stereocenters. The van der Waals surface area contributed by atoms with Gasteiger partial charge in [-0.15, -0.1) is 0 Å². The minimum absolute atomic E-state index is 0.247. The molecule has 2 N–H and O–H groups in total. The van der Waals surface area contributed by atoms with Gasteiger partial charge in [-0.05, 0) is 13.0 Å². The Labute approximate surface area is 100 Å². The first-order valence-corrected chi connectivity index (χ1v) is 6.68. The highest BCUT2D eigenvalue weighted by Crippen LogP contribution is 2.21. The van der Waals surface area contributed by atoms with Crippen LogP contribution in [0.15, 0.2) is 18.2 Å². The fraction of sp³-hybridized carbons (Fsp3) is 0.500. The second-order valence-electron chi connectivity index (χ2n) is 4.21. The van der Waals surface area contributed by atoms with Crippen molar-refractivity contribution in [3.8, 4) is 0 Å². The highest BCUT2D eigenvalue weighted by molar-refractivity contribution is 7.99. The van der Waals surface area contributed by atoms with E-state index < -0.39 is 0 Å². The van der Waals surface area contributed by atoms with E-state index in [0.29, 0.717) is 18.2 Å². The monoisotopic (exact) mass is 240 g/mol. The van der Waals surface area contributed by atoms with Gasteiger partial charge < -0.3 is 5.73 Å². The first kappa shape index (κ1) is 11.7. The molecule has 1 heterocycles. The zero-order chi connectivity index (χ0) is 11.5. The van der Waals surface area contributed by atoms with E-state index in [4.69, 9.17) is 5.73 Å². The predicted octanol–water partition coefficient (Wildman–Crippen LogP) is 2.35. The second kappa shape index (κ2) is 5.06. The molecule has 1 fully saturated rings. The molecule has 0 radical (unpaired) electrons. The van der Waals surface area contributed by atoms with E-state index in [0.717, 1.165) is 18.1 Å². The Hall–Kier alpha value is -0.740. The van der Waals surface area contributed by atoms with Crippen molar-refractivity contribution in [1.82, 2.24) is 4.90 Å². The average molecular weight is 240 g/mol.